The molecule has 0 spiro atoms. The van der Waals surface area contributed by atoms with E-state index < -0.39 is 37.0 Å². The predicted molar refractivity (Wildman–Crippen MR) is 55.4 cm³/mol. The number of carbonyl (C=O) groups is 2. The Hall–Kier alpha value is -0.710. The maximum absolute atomic E-state index is 10.5. The second kappa shape index (κ2) is 8.39. The highest BCUT2D eigenvalue weighted by Gasteiger charge is 2.32. The lowest BCUT2D eigenvalue weighted by Gasteiger charge is -2.24. The fraction of sp³-hybridized carbons (Fsp3) is 0.750. The van der Waals surface area contributed by atoms with Gasteiger partial charge in [0.2, 0.25) is 12.3 Å². The van der Waals surface area contributed by atoms with Crippen LogP contribution in [-0.4, -0.2) is 63.7 Å². The summed E-state index contributed by atoms with van der Waals surface area (Å²) in [4.78, 5) is 20.9. The maximum Gasteiger partial charge on any atom is 0.316 e. The van der Waals surface area contributed by atoms with Crippen molar-refractivity contribution in [3.8, 4) is 0 Å². The Labute approximate surface area is 102 Å². The summed E-state index contributed by atoms with van der Waals surface area (Å²) in [5, 5.41) is 36.3. The minimum absolute atomic E-state index is 0.161. The summed E-state index contributed by atoms with van der Waals surface area (Å²) in [6, 6.07) is 0. The van der Waals surface area contributed by atoms with Crippen molar-refractivity contribution in [3.63, 3.8) is 0 Å². The van der Waals surface area contributed by atoms with Gasteiger partial charge in [-0.05, 0) is 0 Å². The zero-order valence-corrected chi connectivity index (χ0v) is 9.74. The molecule has 0 unspecified atom stereocenters. The van der Waals surface area contributed by atoms with E-state index in [0.29, 0.717) is 0 Å². The third-order valence-corrected chi connectivity index (χ3v) is 2.31. The van der Waals surface area contributed by atoms with Gasteiger partial charge in [0.15, 0.2) is 12.4 Å². The fourth-order valence-electron chi connectivity index (χ4n) is 0.803. The van der Waals surface area contributed by atoms with Crippen LogP contribution < -0.4 is 0 Å². The molecule has 4 atom stereocenters. The van der Waals surface area contributed by atoms with E-state index in [1.807, 2.05) is 0 Å². The third-order valence-electron chi connectivity index (χ3n) is 1.70. The number of aliphatic hydroxyl groups is 4. The summed E-state index contributed by atoms with van der Waals surface area (Å²) >= 11 is 0.163. The van der Waals surface area contributed by atoms with Gasteiger partial charge in [0, 0.05) is 6.92 Å². The molecule has 0 heterocycles. The second-order valence-electron chi connectivity index (χ2n) is 3.07. The van der Waals surface area contributed by atoms with Crippen molar-refractivity contribution in [3.05, 3.63) is 0 Å². The number of carbonyl (C=O) groups excluding carboxylic acids is 2. The molecule has 9 heteroatoms. The zero-order chi connectivity index (χ0) is 13.4. The molecule has 0 aromatic carbocycles. The summed E-state index contributed by atoms with van der Waals surface area (Å²) in [6.07, 6.45) is -6.51. The van der Waals surface area contributed by atoms with E-state index in [2.05, 4.69) is 8.37 Å². The van der Waals surface area contributed by atoms with E-state index in [4.69, 9.17) is 10.2 Å². The Balaban J connectivity index is 4.24. The predicted octanol–water partition coefficient (Wildman–Crippen LogP) is -2.23. The van der Waals surface area contributed by atoms with Gasteiger partial charge in [0.05, 0.1) is 6.61 Å². The molecule has 4 N–H and O–H groups in total. The molecular weight excluding hydrogens is 256 g/mol. The van der Waals surface area contributed by atoms with E-state index in [1.54, 1.807) is 0 Å². The van der Waals surface area contributed by atoms with Gasteiger partial charge in [0.25, 0.3) is 0 Å². The second-order valence-corrected chi connectivity index (χ2v) is 3.57. The monoisotopic (exact) mass is 270 g/mol. The topological polar surface area (TPSA) is 134 Å². The first-order valence-corrected chi connectivity index (χ1v) is 5.21. The van der Waals surface area contributed by atoms with Crippen LogP contribution in [0.2, 0.25) is 0 Å². The van der Waals surface area contributed by atoms with Crippen molar-refractivity contribution in [1.82, 2.24) is 0 Å². The fourth-order valence-corrected chi connectivity index (χ4v) is 1.19. The van der Waals surface area contributed by atoms with E-state index in [0.717, 1.165) is 6.92 Å². The summed E-state index contributed by atoms with van der Waals surface area (Å²) < 4.78 is 8.87. The van der Waals surface area contributed by atoms with Crippen LogP contribution in [0.4, 0.5) is 0 Å². The van der Waals surface area contributed by atoms with Crippen LogP contribution in [0.5, 0.6) is 0 Å². The number of aldehydes is 1. The SMILES string of the molecule is CC(=O)OSO[C@@H](C=O)[C@@H](O)[C@H](O)[C@H](O)CO. The van der Waals surface area contributed by atoms with Gasteiger partial charge in [0.1, 0.15) is 18.3 Å². The molecule has 100 valence electrons. The van der Waals surface area contributed by atoms with Crippen LogP contribution in [-0.2, 0) is 18.0 Å². The lowest BCUT2D eigenvalue weighted by atomic mass is 10.0. The van der Waals surface area contributed by atoms with Crippen molar-refractivity contribution in [2.45, 2.75) is 31.3 Å². The molecule has 0 radical (unpaired) electrons. The Bertz CT molecular complexity index is 248. The molecule has 0 aliphatic rings. The first kappa shape index (κ1) is 16.3. The van der Waals surface area contributed by atoms with Crippen LogP contribution in [0, 0.1) is 0 Å². The molecule has 0 fully saturated rings. The van der Waals surface area contributed by atoms with Gasteiger partial charge in [-0.1, -0.05) is 0 Å². The average molecular weight is 270 g/mol. The number of hydrogen-bond acceptors (Lipinski definition) is 9. The van der Waals surface area contributed by atoms with Gasteiger partial charge in [-0.3, -0.25) is 8.98 Å². The van der Waals surface area contributed by atoms with E-state index in [1.165, 1.54) is 0 Å². The van der Waals surface area contributed by atoms with Crippen LogP contribution in [0.1, 0.15) is 6.92 Å². The Morgan fingerprint density at radius 2 is 1.94 bits per heavy atom. The van der Waals surface area contributed by atoms with Gasteiger partial charge in [-0.2, -0.15) is 0 Å². The molecule has 17 heavy (non-hydrogen) atoms. The minimum Gasteiger partial charge on any atom is -0.394 e. The van der Waals surface area contributed by atoms with Crippen LogP contribution in [0.15, 0.2) is 0 Å². The van der Waals surface area contributed by atoms with Crippen LogP contribution in [0.25, 0.3) is 0 Å². The summed E-state index contributed by atoms with van der Waals surface area (Å²) in [7, 11) is 0. The van der Waals surface area contributed by atoms with Gasteiger partial charge in [-0.25, -0.2) is 0 Å². The van der Waals surface area contributed by atoms with Gasteiger partial charge in [-0.15, -0.1) is 0 Å². The first-order valence-electron chi connectivity index (χ1n) is 4.55. The summed E-state index contributed by atoms with van der Waals surface area (Å²) in [5.74, 6) is -0.676. The summed E-state index contributed by atoms with van der Waals surface area (Å²) in [6.45, 7) is 0.313. The van der Waals surface area contributed by atoms with Crippen molar-refractivity contribution < 1.29 is 38.4 Å². The number of rotatable bonds is 8. The molecule has 0 aliphatic heterocycles. The van der Waals surface area contributed by atoms with E-state index in [-0.39, 0.29) is 18.6 Å². The standard InChI is InChI=1S/C8H14O8S/c1-4(11)15-17-16-6(3-10)8(14)7(13)5(12)2-9/h3,5-9,12-14H,2H2,1H3/t5-,6+,7-,8-/m1/s1. The average Bonchev–Trinajstić information content (AvgIpc) is 2.31. The van der Waals surface area contributed by atoms with Crippen molar-refractivity contribution >= 4 is 24.6 Å². The van der Waals surface area contributed by atoms with Gasteiger partial charge < -0.3 is 29.4 Å². The van der Waals surface area contributed by atoms with E-state index >= 15 is 0 Å². The highest BCUT2D eigenvalue weighted by atomic mass is 32.2. The summed E-state index contributed by atoms with van der Waals surface area (Å²) in [5.41, 5.74) is 0. The minimum atomic E-state index is -1.77. The number of hydrogen-bond donors (Lipinski definition) is 4. The van der Waals surface area contributed by atoms with Crippen LogP contribution in [0.3, 0.4) is 0 Å². The van der Waals surface area contributed by atoms with Crippen molar-refractivity contribution in [1.29, 1.82) is 0 Å². The van der Waals surface area contributed by atoms with Crippen molar-refractivity contribution in [2.24, 2.45) is 0 Å². The molecular formula is C8H14O8S. The van der Waals surface area contributed by atoms with Crippen LogP contribution >= 0.6 is 12.3 Å². The smallest absolute Gasteiger partial charge is 0.316 e. The first-order chi connectivity index (χ1) is 7.93. The molecule has 0 aromatic rings. The Kier molecular flexibility index (Phi) is 8.04. The lowest BCUT2D eigenvalue weighted by molar-refractivity contribution is -0.135. The van der Waals surface area contributed by atoms with Gasteiger partial charge >= 0.3 is 5.97 Å². The quantitative estimate of drug-likeness (QED) is 0.285. The zero-order valence-electron chi connectivity index (χ0n) is 8.92. The number of aliphatic hydroxyl groups excluding tert-OH is 4. The molecule has 0 saturated heterocycles. The lowest BCUT2D eigenvalue weighted by Crippen LogP contribution is -2.46. The molecule has 0 aromatic heterocycles. The Morgan fingerprint density at radius 3 is 2.35 bits per heavy atom. The molecule has 0 aliphatic carbocycles. The molecule has 0 rings (SSSR count). The van der Waals surface area contributed by atoms with Crippen molar-refractivity contribution in [2.75, 3.05) is 6.61 Å². The van der Waals surface area contributed by atoms with E-state index in [9.17, 15) is 19.8 Å². The highest BCUT2D eigenvalue weighted by Crippen LogP contribution is 2.14. The molecule has 0 saturated carbocycles. The molecule has 0 amide bonds. The Morgan fingerprint density at radius 1 is 1.35 bits per heavy atom. The normalized spacial score (nSPS) is 17.9. The highest BCUT2D eigenvalue weighted by molar-refractivity contribution is 7.90. The molecule has 0 bridgehead atoms. The largest absolute Gasteiger partial charge is 0.394 e. The molecule has 8 nitrogen and oxygen atoms in total. The maximum atomic E-state index is 10.5. The third kappa shape index (κ3) is 5.96.